The standard InChI is InChI=1S/C17H14N2O3S2/c1-22-16(21)12-6-4-11(5-7-12)14-10-24-17(18-14)19-15(20)9-13-3-2-8-23-13/h2-8,10H,9H2,1H3,(H,18,19,20). The van der Waals surface area contributed by atoms with Crippen LogP contribution in [0, 0.1) is 0 Å². The van der Waals surface area contributed by atoms with Crippen molar-refractivity contribution >= 4 is 39.7 Å². The summed E-state index contributed by atoms with van der Waals surface area (Å²) < 4.78 is 4.67. The normalized spacial score (nSPS) is 10.4. The third kappa shape index (κ3) is 3.87. The van der Waals surface area contributed by atoms with E-state index in [1.165, 1.54) is 18.4 Å². The summed E-state index contributed by atoms with van der Waals surface area (Å²) in [6.45, 7) is 0. The fraction of sp³-hybridized carbons (Fsp3) is 0.118. The summed E-state index contributed by atoms with van der Waals surface area (Å²) >= 11 is 2.92. The third-order valence-electron chi connectivity index (χ3n) is 3.27. The molecule has 0 bridgehead atoms. The number of benzene rings is 1. The Morgan fingerprint density at radius 3 is 2.62 bits per heavy atom. The topological polar surface area (TPSA) is 68.3 Å². The van der Waals surface area contributed by atoms with Gasteiger partial charge in [-0.3, -0.25) is 4.79 Å². The fourth-order valence-corrected chi connectivity index (χ4v) is 3.53. The lowest BCUT2D eigenvalue weighted by Gasteiger charge is -2.01. The van der Waals surface area contributed by atoms with Gasteiger partial charge in [0, 0.05) is 15.8 Å². The molecule has 2 heterocycles. The average Bonchev–Trinajstić information content (AvgIpc) is 3.26. The van der Waals surface area contributed by atoms with E-state index in [0.717, 1.165) is 16.1 Å². The van der Waals surface area contributed by atoms with Gasteiger partial charge in [-0.05, 0) is 23.6 Å². The second-order valence-corrected chi connectivity index (χ2v) is 6.80. The van der Waals surface area contributed by atoms with Crippen molar-refractivity contribution in [1.82, 2.24) is 4.98 Å². The highest BCUT2D eigenvalue weighted by molar-refractivity contribution is 7.14. The molecule has 5 nitrogen and oxygen atoms in total. The number of nitrogens with one attached hydrogen (secondary N) is 1. The number of aromatic nitrogens is 1. The highest BCUT2D eigenvalue weighted by Crippen LogP contribution is 2.25. The van der Waals surface area contributed by atoms with E-state index in [2.05, 4.69) is 15.0 Å². The van der Waals surface area contributed by atoms with Crippen LogP contribution in [0.5, 0.6) is 0 Å². The van der Waals surface area contributed by atoms with Gasteiger partial charge >= 0.3 is 5.97 Å². The van der Waals surface area contributed by atoms with Crippen LogP contribution in [-0.4, -0.2) is 24.0 Å². The summed E-state index contributed by atoms with van der Waals surface area (Å²) in [5, 5.41) is 7.18. The van der Waals surface area contributed by atoms with Crippen molar-refractivity contribution < 1.29 is 14.3 Å². The number of carbonyl (C=O) groups is 2. The average molecular weight is 358 g/mol. The molecule has 3 rings (SSSR count). The number of esters is 1. The van der Waals surface area contributed by atoms with E-state index in [-0.39, 0.29) is 11.9 Å². The number of thiazole rings is 1. The molecule has 122 valence electrons. The second-order valence-electron chi connectivity index (χ2n) is 4.91. The van der Waals surface area contributed by atoms with Crippen molar-refractivity contribution in [3.63, 3.8) is 0 Å². The van der Waals surface area contributed by atoms with Crippen molar-refractivity contribution in [2.24, 2.45) is 0 Å². The van der Waals surface area contributed by atoms with Crippen LogP contribution in [0.25, 0.3) is 11.3 Å². The molecule has 0 aliphatic carbocycles. The Bertz CT molecular complexity index is 839. The zero-order valence-electron chi connectivity index (χ0n) is 12.8. The molecule has 1 aromatic carbocycles. The number of ether oxygens (including phenoxy) is 1. The molecule has 0 atom stereocenters. The largest absolute Gasteiger partial charge is 0.465 e. The van der Waals surface area contributed by atoms with Gasteiger partial charge in [-0.2, -0.15) is 0 Å². The number of rotatable bonds is 5. The van der Waals surface area contributed by atoms with Gasteiger partial charge in [0.25, 0.3) is 0 Å². The molecule has 7 heteroatoms. The lowest BCUT2D eigenvalue weighted by Crippen LogP contribution is -2.13. The summed E-state index contributed by atoms with van der Waals surface area (Å²) in [6.07, 6.45) is 0.348. The summed E-state index contributed by atoms with van der Waals surface area (Å²) in [5.74, 6) is -0.458. The van der Waals surface area contributed by atoms with Crippen LogP contribution < -0.4 is 5.32 Å². The molecule has 2 aromatic heterocycles. The number of carbonyl (C=O) groups excluding carboxylic acids is 2. The Kier molecular flexibility index (Phi) is 5.02. The number of nitrogens with zero attached hydrogens (tertiary/aromatic N) is 1. The molecule has 24 heavy (non-hydrogen) atoms. The van der Waals surface area contributed by atoms with Crippen LogP contribution in [0.2, 0.25) is 0 Å². The molecular weight excluding hydrogens is 344 g/mol. The predicted octanol–water partition coefficient (Wildman–Crippen LogP) is 3.84. The maximum atomic E-state index is 12.0. The number of thiophene rings is 1. The van der Waals surface area contributed by atoms with Gasteiger partial charge in [0.15, 0.2) is 5.13 Å². The van der Waals surface area contributed by atoms with Crippen molar-refractivity contribution in [2.45, 2.75) is 6.42 Å². The third-order valence-corrected chi connectivity index (χ3v) is 4.90. The molecule has 0 radical (unpaired) electrons. The Balaban J connectivity index is 1.66. The van der Waals surface area contributed by atoms with Crippen molar-refractivity contribution in [3.05, 3.63) is 57.6 Å². The lowest BCUT2D eigenvalue weighted by atomic mass is 10.1. The second kappa shape index (κ2) is 7.37. The highest BCUT2D eigenvalue weighted by atomic mass is 32.1. The Hall–Kier alpha value is -2.51. The van der Waals surface area contributed by atoms with E-state index < -0.39 is 0 Å². The minimum absolute atomic E-state index is 0.0839. The number of hydrogen-bond acceptors (Lipinski definition) is 6. The summed E-state index contributed by atoms with van der Waals surface area (Å²) in [6, 6.07) is 10.8. The molecule has 0 aliphatic heterocycles. The van der Waals surface area contributed by atoms with E-state index in [9.17, 15) is 9.59 Å². The zero-order valence-corrected chi connectivity index (χ0v) is 14.4. The number of amides is 1. The van der Waals surface area contributed by atoms with E-state index in [1.807, 2.05) is 22.9 Å². The van der Waals surface area contributed by atoms with Crippen molar-refractivity contribution in [2.75, 3.05) is 12.4 Å². The quantitative estimate of drug-likeness (QED) is 0.704. The Morgan fingerprint density at radius 1 is 1.17 bits per heavy atom. The molecule has 0 saturated heterocycles. The minimum atomic E-state index is -0.374. The van der Waals surface area contributed by atoms with Gasteiger partial charge in [0.05, 0.1) is 24.8 Å². The minimum Gasteiger partial charge on any atom is -0.465 e. The molecule has 0 spiro atoms. The number of methoxy groups -OCH3 is 1. The maximum absolute atomic E-state index is 12.0. The highest BCUT2D eigenvalue weighted by Gasteiger charge is 2.10. The van der Waals surface area contributed by atoms with Crippen LogP contribution >= 0.6 is 22.7 Å². The molecule has 0 unspecified atom stereocenters. The number of anilines is 1. The summed E-state index contributed by atoms with van der Waals surface area (Å²) in [4.78, 5) is 28.9. The maximum Gasteiger partial charge on any atom is 0.337 e. The fourth-order valence-electron chi connectivity index (χ4n) is 2.09. The molecule has 3 aromatic rings. The van der Waals surface area contributed by atoms with Gasteiger partial charge in [-0.15, -0.1) is 22.7 Å². The first-order valence-electron chi connectivity index (χ1n) is 7.12. The van der Waals surface area contributed by atoms with Crippen LogP contribution in [0.4, 0.5) is 5.13 Å². The van der Waals surface area contributed by atoms with E-state index >= 15 is 0 Å². The van der Waals surface area contributed by atoms with Crippen LogP contribution in [0.3, 0.4) is 0 Å². The SMILES string of the molecule is COC(=O)c1ccc(-c2csc(NC(=O)Cc3cccs3)n2)cc1. The van der Waals surface area contributed by atoms with E-state index in [1.54, 1.807) is 35.6 Å². The first-order chi connectivity index (χ1) is 11.7. The first kappa shape index (κ1) is 16.4. The van der Waals surface area contributed by atoms with E-state index in [0.29, 0.717) is 17.1 Å². The predicted molar refractivity (Wildman–Crippen MR) is 95.5 cm³/mol. The van der Waals surface area contributed by atoms with Crippen molar-refractivity contribution in [1.29, 1.82) is 0 Å². The van der Waals surface area contributed by atoms with Gasteiger partial charge in [-0.25, -0.2) is 9.78 Å². The lowest BCUT2D eigenvalue weighted by molar-refractivity contribution is -0.115. The summed E-state index contributed by atoms with van der Waals surface area (Å²) in [7, 11) is 1.35. The molecular formula is C17H14N2O3S2. The molecule has 0 aliphatic rings. The van der Waals surface area contributed by atoms with Gasteiger partial charge in [-0.1, -0.05) is 18.2 Å². The summed E-state index contributed by atoms with van der Waals surface area (Å²) in [5.41, 5.74) is 2.11. The number of hydrogen-bond donors (Lipinski definition) is 1. The Labute approximate surface area is 146 Å². The molecule has 0 fully saturated rings. The molecule has 1 N–H and O–H groups in total. The van der Waals surface area contributed by atoms with Gasteiger partial charge in [0.1, 0.15) is 0 Å². The van der Waals surface area contributed by atoms with Crippen molar-refractivity contribution in [3.8, 4) is 11.3 Å². The van der Waals surface area contributed by atoms with Crippen LogP contribution in [-0.2, 0) is 16.0 Å². The monoisotopic (exact) mass is 358 g/mol. The molecule has 1 amide bonds. The van der Waals surface area contributed by atoms with Crippen LogP contribution in [0.1, 0.15) is 15.2 Å². The smallest absolute Gasteiger partial charge is 0.337 e. The van der Waals surface area contributed by atoms with Gasteiger partial charge in [0.2, 0.25) is 5.91 Å². The first-order valence-corrected chi connectivity index (χ1v) is 8.88. The van der Waals surface area contributed by atoms with Crippen LogP contribution in [0.15, 0.2) is 47.2 Å². The zero-order chi connectivity index (χ0) is 16.9. The Morgan fingerprint density at radius 2 is 1.96 bits per heavy atom. The molecule has 0 saturated carbocycles. The van der Waals surface area contributed by atoms with Gasteiger partial charge < -0.3 is 10.1 Å². The van der Waals surface area contributed by atoms with E-state index in [4.69, 9.17) is 0 Å².